The van der Waals surface area contributed by atoms with Gasteiger partial charge in [0.15, 0.2) is 11.2 Å². The zero-order valence-electron chi connectivity index (χ0n) is 27.2. The summed E-state index contributed by atoms with van der Waals surface area (Å²) in [7, 11) is 0. The van der Waals surface area contributed by atoms with Crippen LogP contribution in [0.3, 0.4) is 0 Å². The predicted octanol–water partition coefficient (Wildman–Crippen LogP) is 11.3. The van der Waals surface area contributed by atoms with Gasteiger partial charge in [0.05, 0.1) is 11.5 Å². The molecule has 8 aromatic rings. The van der Waals surface area contributed by atoms with E-state index in [0.717, 1.165) is 47.8 Å². The van der Waals surface area contributed by atoms with Crippen LogP contribution in [0.1, 0.15) is 22.9 Å². The second-order valence-corrected chi connectivity index (χ2v) is 15.2. The third-order valence-electron chi connectivity index (χ3n) is 7.89. The fourth-order valence-electron chi connectivity index (χ4n) is 5.53. The Morgan fingerprint density at radius 1 is 0.577 bits per heavy atom. The van der Waals surface area contributed by atoms with E-state index < -0.39 is 0 Å². The summed E-state index contributed by atoms with van der Waals surface area (Å²) in [6.07, 6.45) is 4.98. The van der Waals surface area contributed by atoms with Crippen molar-refractivity contribution >= 4 is 77.6 Å². The van der Waals surface area contributed by atoms with Crippen LogP contribution in [-0.2, 0) is 24.3 Å². The van der Waals surface area contributed by atoms with Crippen molar-refractivity contribution in [1.82, 2.24) is 30.4 Å². The molecule has 0 fully saturated rings. The van der Waals surface area contributed by atoms with Crippen molar-refractivity contribution in [1.29, 1.82) is 0 Å². The summed E-state index contributed by atoms with van der Waals surface area (Å²) in [6.45, 7) is 7.93. The van der Waals surface area contributed by atoms with Crippen molar-refractivity contribution in [2.45, 2.75) is 34.8 Å². The Bertz CT molecular complexity index is 2560. The minimum atomic E-state index is 0.398. The van der Waals surface area contributed by atoms with E-state index in [2.05, 4.69) is 77.5 Å². The van der Waals surface area contributed by atoms with E-state index in [0.29, 0.717) is 75.0 Å². The minimum absolute atomic E-state index is 0.398. The van der Waals surface area contributed by atoms with Crippen LogP contribution in [0.15, 0.2) is 135 Å². The Balaban J connectivity index is 1.06. The molecular weight excluding hydrogens is 828 g/mol. The molecule has 4 heterocycles. The summed E-state index contributed by atoms with van der Waals surface area (Å²) in [5, 5.41) is 17.8. The molecule has 0 radical (unpaired) electrons. The molecular formula is C38H26Br2N6O4S2. The van der Waals surface area contributed by atoms with Gasteiger partial charge in [0, 0.05) is 31.2 Å². The highest BCUT2D eigenvalue weighted by Gasteiger charge is 2.20. The van der Waals surface area contributed by atoms with Gasteiger partial charge in [-0.25, -0.2) is 9.97 Å². The molecule has 52 heavy (non-hydrogen) atoms. The highest BCUT2D eigenvalue weighted by molar-refractivity contribution is 9.10. The van der Waals surface area contributed by atoms with Crippen molar-refractivity contribution in [3.05, 3.63) is 130 Å². The van der Waals surface area contributed by atoms with Crippen molar-refractivity contribution in [3.63, 3.8) is 0 Å². The molecule has 0 spiro atoms. The SMILES string of the molecule is C=CCc1cc(-c2cc(CC=C)c3oc(SCc4nnc(-c5ccc(Br)cc5)o4)nc3c2)c2oc(SCc3nnc(-c4ccc(Br)cc4)o3)nc2c1. The molecule has 0 aliphatic rings. The van der Waals surface area contributed by atoms with Crippen molar-refractivity contribution in [2.24, 2.45) is 0 Å². The number of rotatable bonds is 13. The molecule has 0 aliphatic carbocycles. The number of benzene rings is 4. The first kappa shape index (κ1) is 34.3. The summed E-state index contributed by atoms with van der Waals surface area (Å²) in [6, 6.07) is 23.7. The molecule has 0 saturated heterocycles. The quantitative estimate of drug-likeness (QED) is 0.0808. The van der Waals surface area contributed by atoms with E-state index in [1.807, 2.05) is 72.8 Å². The highest BCUT2D eigenvalue weighted by Crippen LogP contribution is 2.38. The lowest BCUT2D eigenvalue weighted by Crippen LogP contribution is -1.89. The molecule has 8 rings (SSSR count). The molecule has 0 unspecified atom stereocenters. The topological polar surface area (TPSA) is 130 Å². The van der Waals surface area contributed by atoms with E-state index in [4.69, 9.17) is 27.6 Å². The van der Waals surface area contributed by atoms with Crippen molar-refractivity contribution < 1.29 is 17.7 Å². The van der Waals surface area contributed by atoms with Gasteiger partial charge in [0.25, 0.3) is 10.4 Å². The summed E-state index contributed by atoms with van der Waals surface area (Å²) in [5.41, 5.74) is 8.32. The maximum Gasteiger partial charge on any atom is 0.257 e. The van der Waals surface area contributed by atoms with Gasteiger partial charge in [-0.05, 0) is 96.8 Å². The smallest absolute Gasteiger partial charge is 0.257 e. The summed E-state index contributed by atoms with van der Waals surface area (Å²) in [5.74, 6) is 2.66. The number of halogens is 2. The fraction of sp³-hybridized carbons (Fsp3) is 0.105. The lowest BCUT2D eigenvalue weighted by atomic mass is 9.97. The predicted molar refractivity (Wildman–Crippen MR) is 209 cm³/mol. The molecule has 0 atom stereocenters. The second kappa shape index (κ2) is 15.1. The molecule has 14 heteroatoms. The van der Waals surface area contributed by atoms with Crippen LogP contribution in [-0.4, -0.2) is 30.4 Å². The maximum absolute atomic E-state index is 6.39. The zero-order chi connectivity index (χ0) is 35.6. The van der Waals surface area contributed by atoms with E-state index >= 15 is 0 Å². The van der Waals surface area contributed by atoms with Crippen LogP contribution in [0, 0.1) is 0 Å². The number of aromatic nitrogens is 6. The fourth-order valence-corrected chi connectivity index (χ4v) is 7.39. The van der Waals surface area contributed by atoms with E-state index in [-0.39, 0.29) is 0 Å². The zero-order valence-corrected chi connectivity index (χ0v) is 32.0. The van der Waals surface area contributed by atoms with Gasteiger partial charge in [-0.2, -0.15) is 0 Å². The van der Waals surface area contributed by atoms with Crippen molar-refractivity contribution in [3.8, 4) is 34.0 Å². The van der Waals surface area contributed by atoms with Gasteiger partial charge in [-0.15, -0.1) is 33.6 Å². The first-order chi connectivity index (χ1) is 25.4. The number of fused-ring (bicyclic) bond motifs is 2. The van der Waals surface area contributed by atoms with Gasteiger partial charge in [0.2, 0.25) is 23.6 Å². The molecule has 0 saturated carbocycles. The number of nitrogens with zero attached hydrogens (tertiary/aromatic N) is 6. The first-order valence-corrected chi connectivity index (χ1v) is 19.5. The van der Waals surface area contributed by atoms with Crippen LogP contribution in [0.2, 0.25) is 0 Å². The number of thioether (sulfide) groups is 2. The molecule has 10 nitrogen and oxygen atoms in total. The van der Waals surface area contributed by atoms with Gasteiger partial charge in [-0.3, -0.25) is 0 Å². The van der Waals surface area contributed by atoms with Gasteiger partial charge < -0.3 is 17.7 Å². The Morgan fingerprint density at radius 2 is 1.12 bits per heavy atom. The molecule has 0 amide bonds. The largest absolute Gasteiger partial charge is 0.431 e. The number of allylic oxidation sites excluding steroid dienone is 2. The van der Waals surface area contributed by atoms with Crippen LogP contribution < -0.4 is 0 Å². The molecule has 4 aromatic carbocycles. The number of oxazole rings is 2. The Kier molecular flexibility index (Phi) is 9.95. The van der Waals surface area contributed by atoms with E-state index in [9.17, 15) is 0 Å². The van der Waals surface area contributed by atoms with Gasteiger partial charge in [0.1, 0.15) is 11.0 Å². The number of hydrogen-bond donors (Lipinski definition) is 0. The summed E-state index contributed by atoms with van der Waals surface area (Å²) in [4.78, 5) is 9.67. The average Bonchev–Trinajstić information content (AvgIpc) is 3.97. The van der Waals surface area contributed by atoms with Crippen LogP contribution >= 0.6 is 55.4 Å². The first-order valence-electron chi connectivity index (χ1n) is 15.9. The van der Waals surface area contributed by atoms with E-state index in [1.54, 1.807) is 0 Å². The minimum Gasteiger partial charge on any atom is -0.431 e. The third-order valence-corrected chi connectivity index (χ3v) is 10.6. The highest BCUT2D eigenvalue weighted by atomic mass is 79.9. The standard InChI is InChI=1S/C38H26Br2N6O4S2/c1-3-5-21-15-28(34-29(16-21)41-38(50-34)52-20-32-44-46-36(48-32)23-9-13-27(40)14-10-23)25-17-24(6-4-2)33-30(18-25)42-37(49-33)51-19-31-43-45-35(47-31)22-7-11-26(39)12-8-22/h3-4,7-18H,1-2,5-6,19-20H2. The Morgan fingerprint density at radius 3 is 1.67 bits per heavy atom. The average molecular weight is 855 g/mol. The monoisotopic (exact) mass is 852 g/mol. The second-order valence-electron chi connectivity index (χ2n) is 11.5. The molecule has 258 valence electrons. The Labute approximate surface area is 322 Å². The molecule has 0 aliphatic heterocycles. The van der Waals surface area contributed by atoms with Crippen LogP contribution in [0.5, 0.6) is 0 Å². The third kappa shape index (κ3) is 7.42. The lowest BCUT2D eigenvalue weighted by Gasteiger charge is -2.08. The summed E-state index contributed by atoms with van der Waals surface area (Å²) < 4.78 is 26.4. The maximum atomic E-state index is 6.39. The molecule has 0 N–H and O–H groups in total. The van der Waals surface area contributed by atoms with Crippen LogP contribution in [0.4, 0.5) is 0 Å². The van der Waals surface area contributed by atoms with E-state index in [1.165, 1.54) is 23.5 Å². The van der Waals surface area contributed by atoms with Gasteiger partial charge >= 0.3 is 0 Å². The number of hydrogen-bond acceptors (Lipinski definition) is 12. The van der Waals surface area contributed by atoms with Gasteiger partial charge in [-0.1, -0.05) is 67.5 Å². The lowest BCUT2D eigenvalue weighted by molar-refractivity contribution is 0.484. The molecule has 4 aromatic heterocycles. The van der Waals surface area contributed by atoms with Crippen LogP contribution in [0.25, 0.3) is 56.2 Å². The molecule has 0 bridgehead atoms. The summed E-state index contributed by atoms with van der Waals surface area (Å²) >= 11 is 9.68. The van der Waals surface area contributed by atoms with Crippen molar-refractivity contribution in [2.75, 3.05) is 0 Å². The normalized spacial score (nSPS) is 11.5. The Hall–Kier alpha value is -4.76.